The molecular formula is C22H21F2N3O3. The van der Waals surface area contributed by atoms with Gasteiger partial charge in [-0.05, 0) is 48.4 Å². The average molecular weight is 413 g/mol. The van der Waals surface area contributed by atoms with Gasteiger partial charge in [-0.15, -0.1) is 0 Å². The molecule has 2 aromatic carbocycles. The summed E-state index contributed by atoms with van der Waals surface area (Å²) >= 11 is 0. The Kier molecular flexibility index (Phi) is 6.79. The zero-order valence-electron chi connectivity index (χ0n) is 16.3. The minimum Gasteiger partial charge on any atom is -0.463 e. The van der Waals surface area contributed by atoms with Crippen LogP contribution in [0.2, 0.25) is 0 Å². The molecule has 0 fully saturated rings. The number of alkyl halides is 1. The van der Waals surface area contributed by atoms with Gasteiger partial charge in [-0.2, -0.15) is 0 Å². The number of hydrogen-bond donors (Lipinski definition) is 2. The van der Waals surface area contributed by atoms with Gasteiger partial charge in [0.2, 0.25) is 6.86 Å². The normalized spacial score (nSPS) is 10.5. The standard InChI is InChI=1S/C22H21F2N3O3/c1-2-11-25-22(29)26-20-12-21(28)27(17-7-9-18(10-8-17)30-14-23)13-19(20)15-3-5-16(24)6-4-15/h3-10,12-13H,2,11,14H2,1H3,(H2,25,26,29). The SMILES string of the molecule is CCCNC(=O)Nc1cc(=O)n(-c2ccc(OCF)cc2)cc1-c1ccc(F)cc1. The monoisotopic (exact) mass is 413 g/mol. The number of nitrogens with zero attached hydrogens (tertiary/aromatic N) is 1. The molecule has 0 radical (unpaired) electrons. The number of anilines is 1. The molecule has 156 valence electrons. The lowest BCUT2D eigenvalue weighted by Gasteiger charge is -2.15. The molecule has 3 aromatic rings. The number of pyridine rings is 1. The van der Waals surface area contributed by atoms with Crippen LogP contribution >= 0.6 is 0 Å². The van der Waals surface area contributed by atoms with Crippen molar-refractivity contribution in [3.8, 4) is 22.6 Å². The Morgan fingerprint density at radius 2 is 1.80 bits per heavy atom. The molecule has 8 heteroatoms. The van der Waals surface area contributed by atoms with Gasteiger partial charge in [-0.25, -0.2) is 13.6 Å². The summed E-state index contributed by atoms with van der Waals surface area (Å²) in [5, 5.41) is 5.37. The number of hydrogen-bond acceptors (Lipinski definition) is 3. The number of ether oxygens (including phenoxy) is 1. The minimum absolute atomic E-state index is 0.300. The van der Waals surface area contributed by atoms with Crippen molar-refractivity contribution in [2.45, 2.75) is 13.3 Å². The van der Waals surface area contributed by atoms with Gasteiger partial charge in [0.05, 0.1) is 5.69 Å². The average Bonchev–Trinajstić information content (AvgIpc) is 2.74. The van der Waals surface area contributed by atoms with Crippen LogP contribution in [0.3, 0.4) is 0 Å². The van der Waals surface area contributed by atoms with Crippen molar-refractivity contribution in [3.05, 3.63) is 77.0 Å². The Hall–Kier alpha value is -3.68. The lowest BCUT2D eigenvalue weighted by molar-refractivity contribution is 0.192. The molecule has 3 rings (SSSR count). The van der Waals surface area contributed by atoms with Crippen molar-refractivity contribution in [2.24, 2.45) is 0 Å². The van der Waals surface area contributed by atoms with Crippen LogP contribution in [0, 0.1) is 5.82 Å². The molecule has 0 aliphatic carbocycles. The molecule has 0 bridgehead atoms. The molecule has 0 unspecified atom stereocenters. The summed E-state index contributed by atoms with van der Waals surface area (Å²) in [6.07, 6.45) is 2.33. The lowest BCUT2D eigenvalue weighted by atomic mass is 10.1. The Morgan fingerprint density at radius 3 is 2.43 bits per heavy atom. The van der Waals surface area contributed by atoms with Gasteiger partial charge in [0, 0.05) is 30.1 Å². The van der Waals surface area contributed by atoms with Crippen molar-refractivity contribution in [1.82, 2.24) is 9.88 Å². The maximum absolute atomic E-state index is 13.4. The Morgan fingerprint density at radius 1 is 1.10 bits per heavy atom. The van der Waals surface area contributed by atoms with E-state index < -0.39 is 18.7 Å². The highest BCUT2D eigenvalue weighted by atomic mass is 19.1. The molecular weight excluding hydrogens is 392 g/mol. The van der Waals surface area contributed by atoms with Gasteiger partial charge < -0.3 is 15.4 Å². The first kappa shape index (κ1) is 21.0. The third-order valence-electron chi connectivity index (χ3n) is 4.33. The summed E-state index contributed by atoms with van der Waals surface area (Å²) in [6, 6.07) is 12.9. The van der Waals surface area contributed by atoms with E-state index in [4.69, 9.17) is 4.74 Å². The van der Waals surface area contributed by atoms with Crippen molar-refractivity contribution >= 4 is 11.7 Å². The first-order valence-electron chi connectivity index (χ1n) is 9.38. The summed E-state index contributed by atoms with van der Waals surface area (Å²) in [6.45, 7) is 1.46. The van der Waals surface area contributed by atoms with E-state index in [2.05, 4.69) is 10.6 Å². The van der Waals surface area contributed by atoms with Crippen molar-refractivity contribution in [1.29, 1.82) is 0 Å². The van der Waals surface area contributed by atoms with Crippen LogP contribution in [0.15, 0.2) is 65.6 Å². The second-order valence-corrected chi connectivity index (χ2v) is 6.44. The van der Waals surface area contributed by atoms with Crippen LogP contribution in [-0.4, -0.2) is 24.0 Å². The molecule has 2 N–H and O–H groups in total. The highest BCUT2D eigenvalue weighted by Gasteiger charge is 2.13. The van der Waals surface area contributed by atoms with Crippen LogP contribution < -0.4 is 20.9 Å². The van der Waals surface area contributed by atoms with Gasteiger partial charge in [0.1, 0.15) is 11.6 Å². The fourth-order valence-electron chi connectivity index (χ4n) is 2.87. The second kappa shape index (κ2) is 9.69. The predicted molar refractivity (Wildman–Crippen MR) is 111 cm³/mol. The summed E-state index contributed by atoms with van der Waals surface area (Å²) < 4.78 is 31.9. The molecule has 6 nitrogen and oxygen atoms in total. The van der Waals surface area contributed by atoms with Gasteiger partial charge in [0.15, 0.2) is 0 Å². The largest absolute Gasteiger partial charge is 0.463 e. The summed E-state index contributed by atoms with van der Waals surface area (Å²) in [5.74, 6) is -0.0651. The van der Waals surface area contributed by atoms with Crippen molar-refractivity contribution in [3.63, 3.8) is 0 Å². The molecule has 0 aliphatic rings. The topological polar surface area (TPSA) is 72.4 Å². The molecule has 0 saturated heterocycles. The number of carbonyl (C=O) groups excluding carboxylic acids is 1. The lowest BCUT2D eigenvalue weighted by Crippen LogP contribution is -2.30. The second-order valence-electron chi connectivity index (χ2n) is 6.44. The maximum Gasteiger partial charge on any atom is 0.319 e. The zero-order chi connectivity index (χ0) is 21.5. The van der Waals surface area contributed by atoms with Crippen LogP contribution in [0.1, 0.15) is 13.3 Å². The molecule has 1 heterocycles. The van der Waals surface area contributed by atoms with Gasteiger partial charge >= 0.3 is 6.03 Å². The van der Waals surface area contributed by atoms with E-state index >= 15 is 0 Å². The van der Waals surface area contributed by atoms with Gasteiger partial charge in [-0.1, -0.05) is 19.1 Å². The Labute approximate surface area is 172 Å². The smallest absolute Gasteiger partial charge is 0.319 e. The highest BCUT2D eigenvalue weighted by molar-refractivity contribution is 5.94. The van der Waals surface area contributed by atoms with E-state index in [0.29, 0.717) is 34.8 Å². The fraction of sp³-hybridized carbons (Fsp3) is 0.182. The first-order chi connectivity index (χ1) is 14.5. The van der Waals surface area contributed by atoms with Crippen LogP contribution in [-0.2, 0) is 0 Å². The third-order valence-corrected chi connectivity index (χ3v) is 4.33. The zero-order valence-corrected chi connectivity index (χ0v) is 16.3. The molecule has 0 spiro atoms. The van der Waals surface area contributed by atoms with E-state index in [1.165, 1.54) is 22.8 Å². The predicted octanol–water partition coefficient (Wildman–Crippen LogP) is 4.48. The molecule has 0 atom stereocenters. The number of urea groups is 1. The van der Waals surface area contributed by atoms with E-state index in [9.17, 15) is 18.4 Å². The Bertz CT molecular complexity index is 1060. The van der Waals surface area contributed by atoms with Gasteiger partial charge in [-0.3, -0.25) is 9.36 Å². The number of halogens is 2. The highest BCUT2D eigenvalue weighted by Crippen LogP contribution is 2.28. The van der Waals surface area contributed by atoms with E-state index in [1.54, 1.807) is 42.6 Å². The Balaban J connectivity index is 2.05. The number of nitrogens with one attached hydrogen (secondary N) is 2. The number of amides is 2. The molecule has 2 amide bonds. The van der Waals surface area contributed by atoms with Crippen LogP contribution in [0.5, 0.6) is 5.75 Å². The van der Waals surface area contributed by atoms with Crippen LogP contribution in [0.4, 0.5) is 19.3 Å². The number of benzene rings is 2. The van der Waals surface area contributed by atoms with E-state index in [1.807, 2.05) is 6.92 Å². The van der Waals surface area contributed by atoms with E-state index in [0.717, 1.165) is 6.42 Å². The van der Waals surface area contributed by atoms with Crippen molar-refractivity contribution < 1.29 is 18.3 Å². The molecule has 0 aliphatic heterocycles. The first-order valence-corrected chi connectivity index (χ1v) is 9.38. The number of carbonyl (C=O) groups is 1. The summed E-state index contributed by atoms with van der Waals surface area (Å²) in [5.41, 5.74) is 1.59. The number of aromatic nitrogens is 1. The third kappa shape index (κ3) is 5.02. The molecule has 30 heavy (non-hydrogen) atoms. The molecule has 1 aromatic heterocycles. The maximum atomic E-state index is 13.4. The summed E-state index contributed by atoms with van der Waals surface area (Å²) in [7, 11) is 0. The van der Waals surface area contributed by atoms with Crippen LogP contribution in [0.25, 0.3) is 16.8 Å². The van der Waals surface area contributed by atoms with E-state index in [-0.39, 0.29) is 5.56 Å². The molecule has 0 saturated carbocycles. The fourth-order valence-corrected chi connectivity index (χ4v) is 2.87. The minimum atomic E-state index is -0.950. The quantitative estimate of drug-likeness (QED) is 0.600. The van der Waals surface area contributed by atoms with Crippen molar-refractivity contribution in [2.75, 3.05) is 18.7 Å². The summed E-state index contributed by atoms with van der Waals surface area (Å²) in [4.78, 5) is 24.9. The van der Waals surface area contributed by atoms with Gasteiger partial charge in [0.25, 0.3) is 5.56 Å². The number of rotatable bonds is 7.